The van der Waals surface area contributed by atoms with Crippen molar-refractivity contribution < 1.29 is 4.79 Å². The van der Waals surface area contributed by atoms with Gasteiger partial charge in [0, 0.05) is 0 Å². The van der Waals surface area contributed by atoms with Crippen LogP contribution in [0.3, 0.4) is 0 Å². The third kappa shape index (κ3) is 2.28. The molecule has 3 heteroatoms. The smallest absolute Gasteiger partial charge is 0.238 e. The summed E-state index contributed by atoms with van der Waals surface area (Å²) in [5.41, 5.74) is 0. The van der Waals surface area contributed by atoms with Gasteiger partial charge in [-0.15, -0.1) is 0 Å². The highest BCUT2D eigenvalue weighted by Crippen LogP contribution is 1.95. The Hall–Kier alpha value is -0.0800. The Morgan fingerprint density at radius 2 is 2.00 bits per heavy atom. The molecule has 0 saturated heterocycles. The van der Waals surface area contributed by atoms with Gasteiger partial charge in [-0.3, -0.25) is 9.69 Å². The molecular weight excluding hydrogens is 126 g/mol. The molecule has 0 aromatic carbocycles. The summed E-state index contributed by atoms with van der Waals surface area (Å²) < 4.78 is 0. The molecule has 0 aliphatic carbocycles. The molecule has 8 heavy (non-hydrogen) atoms. The van der Waals surface area contributed by atoms with Crippen molar-refractivity contribution >= 4 is 16.8 Å². The molecule has 0 amide bonds. The number of likely N-dealkylation sites (N-methyl/N-ethyl adjacent to an activating group) is 1. The summed E-state index contributed by atoms with van der Waals surface area (Å²) in [7, 11) is 3.62. The van der Waals surface area contributed by atoms with E-state index in [-0.39, 0.29) is 11.3 Å². The van der Waals surface area contributed by atoms with Crippen LogP contribution in [0.1, 0.15) is 6.92 Å². The van der Waals surface area contributed by atoms with Gasteiger partial charge in [0.25, 0.3) is 0 Å². The van der Waals surface area contributed by atoms with Gasteiger partial charge in [0.2, 0.25) is 5.24 Å². The van der Waals surface area contributed by atoms with Crippen molar-refractivity contribution in [2.45, 2.75) is 13.0 Å². The van der Waals surface area contributed by atoms with Crippen LogP contribution in [0.25, 0.3) is 0 Å². The minimum Gasteiger partial charge on any atom is -0.299 e. The molecule has 48 valence electrons. The highest BCUT2D eigenvalue weighted by Gasteiger charge is 2.10. The number of hydrogen-bond acceptors (Lipinski definition) is 2. The van der Waals surface area contributed by atoms with Crippen LogP contribution in [0.5, 0.6) is 0 Å². The van der Waals surface area contributed by atoms with Crippen molar-refractivity contribution in [2.75, 3.05) is 14.1 Å². The van der Waals surface area contributed by atoms with Crippen LogP contribution in [0, 0.1) is 0 Å². The standard InChI is InChI=1S/C5H10ClNO/c1-4(5(6)8)7(2)3/h4H,1-3H3. The predicted octanol–water partition coefficient (Wildman–Crippen LogP) is 0.702. The van der Waals surface area contributed by atoms with Crippen molar-refractivity contribution in [3.63, 3.8) is 0 Å². The summed E-state index contributed by atoms with van der Waals surface area (Å²) in [6.45, 7) is 1.76. The Morgan fingerprint density at radius 3 is 2.00 bits per heavy atom. The number of carbonyl (C=O) groups excluding carboxylic acids is 1. The first-order valence-electron chi connectivity index (χ1n) is 2.41. The van der Waals surface area contributed by atoms with Gasteiger partial charge in [-0.25, -0.2) is 0 Å². The van der Waals surface area contributed by atoms with Gasteiger partial charge in [-0.1, -0.05) is 0 Å². The second-order valence-corrected chi connectivity index (χ2v) is 2.32. The van der Waals surface area contributed by atoms with E-state index >= 15 is 0 Å². The molecule has 0 spiro atoms. The van der Waals surface area contributed by atoms with Crippen LogP contribution in [-0.4, -0.2) is 30.3 Å². The van der Waals surface area contributed by atoms with E-state index in [4.69, 9.17) is 11.6 Å². The normalized spacial score (nSPS) is 14.1. The average molecular weight is 136 g/mol. The van der Waals surface area contributed by atoms with Crippen LogP contribution < -0.4 is 0 Å². The summed E-state index contributed by atoms with van der Waals surface area (Å²) >= 11 is 5.14. The lowest BCUT2D eigenvalue weighted by Crippen LogP contribution is -2.29. The zero-order valence-electron chi connectivity index (χ0n) is 5.31. The first-order chi connectivity index (χ1) is 3.55. The first-order valence-corrected chi connectivity index (χ1v) is 2.79. The predicted molar refractivity (Wildman–Crippen MR) is 34.0 cm³/mol. The zero-order valence-corrected chi connectivity index (χ0v) is 6.07. The average Bonchev–Trinajstić information content (AvgIpc) is 1.64. The highest BCUT2D eigenvalue weighted by molar-refractivity contribution is 6.64. The maximum absolute atomic E-state index is 10.3. The van der Waals surface area contributed by atoms with Crippen LogP contribution >= 0.6 is 11.6 Å². The molecule has 0 aromatic heterocycles. The number of carbonyl (C=O) groups is 1. The Morgan fingerprint density at radius 1 is 1.62 bits per heavy atom. The third-order valence-corrected chi connectivity index (χ3v) is 1.42. The minimum atomic E-state index is -0.310. The van der Waals surface area contributed by atoms with E-state index in [1.807, 2.05) is 14.1 Å². The quantitative estimate of drug-likeness (QED) is 0.520. The van der Waals surface area contributed by atoms with Crippen molar-refractivity contribution in [1.82, 2.24) is 4.90 Å². The summed E-state index contributed by atoms with van der Waals surface area (Å²) in [6, 6.07) is -0.170. The van der Waals surface area contributed by atoms with E-state index in [9.17, 15) is 4.79 Å². The van der Waals surface area contributed by atoms with Crippen LogP contribution in [0.4, 0.5) is 0 Å². The molecule has 0 aromatic rings. The van der Waals surface area contributed by atoms with Gasteiger partial charge in [0.1, 0.15) is 0 Å². The summed E-state index contributed by atoms with van der Waals surface area (Å²) in [5.74, 6) is 0. The molecule has 1 atom stereocenters. The maximum Gasteiger partial charge on any atom is 0.238 e. The SMILES string of the molecule is CC(C(=O)Cl)N(C)C. The maximum atomic E-state index is 10.3. The fourth-order valence-electron chi connectivity index (χ4n) is 0.203. The fourth-order valence-corrected chi connectivity index (χ4v) is 0.398. The van der Waals surface area contributed by atoms with Crippen LogP contribution in [0.15, 0.2) is 0 Å². The third-order valence-electron chi connectivity index (χ3n) is 1.10. The molecule has 0 rings (SSSR count). The van der Waals surface area contributed by atoms with E-state index < -0.39 is 0 Å². The minimum absolute atomic E-state index is 0.170. The van der Waals surface area contributed by atoms with E-state index in [0.717, 1.165) is 0 Å². The molecule has 0 saturated carbocycles. The van der Waals surface area contributed by atoms with Gasteiger partial charge in [-0.05, 0) is 32.6 Å². The molecule has 0 bridgehead atoms. The topological polar surface area (TPSA) is 20.3 Å². The lowest BCUT2D eigenvalue weighted by molar-refractivity contribution is -0.115. The molecule has 0 fully saturated rings. The van der Waals surface area contributed by atoms with Crippen molar-refractivity contribution in [1.29, 1.82) is 0 Å². The van der Waals surface area contributed by atoms with E-state index in [1.165, 1.54) is 0 Å². The molecule has 0 aliphatic heterocycles. The van der Waals surface area contributed by atoms with Crippen molar-refractivity contribution in [3.05, 3.63) is 0 Å². The lowest BCUT2D eigenvalue weighted by atomic mass is 10.4. The number of rotatable bonds is 2. The number of nitrogens with zero attached hydrogens (tertiary/aromatic N) is 1. The largest absolute Gasteiger partial charge is 0.299 e. The van der Waals surface area contributed by atoms with Crippen LogP contribution in [-0.2, 0) is 4.79 Å². The lowest BCUT2D eigenvalue weighted by Gasteiger charge is -2.13. The van der Waals surface area contributed by atoms with Gasteiger partial charge in [0.15, 0.2) is 0 Å². The van der Waals surface area contributed by atoms with E-state index in [1.54, 1.807) is 11.8 Å². The van der Waals surface area contributed by atoms with Crippen molar-refractivity contribution in [2.24, 2.45) is 0 Å². The van der Waals surface area contributed by atoms with Gasteiger partial charge < -0.3 is 0 Å². The highest BCUT2D eigenvalue weighted by atomic mass is 35.5. The molecular formula is C5H10ClNO. The second-order valence-electron chi connectivity index (χ2n) is 1.94. The second kappa shape index (κ2) is 3.05. The summed E-state index contributed by atoms with van der Waals surface area (Å²) in [6.07, 6.45) is 0. The Kier molecular flexibility index (Phi) is 3.02. The zero-order chi connectivity index (χ0) is 6.73. The summed E-state index contributed by atoms with van der Waals surface area (Å²) in [5, 5.41) is -0.310. The van der Waals surface area contributed by atoms with Crippen molar-refractivity contribution in [3.8, 4) is 0 Å². The Labute approximate surface area is 54.4 Å². The molecule has 0 heterocycles. The Balaban J connectivity index is 3.64. The van der Waals surface area contributed by atoms with Crippen LogP contribution in [0.2, 0.25) is 0 Å². The molecule has 1 unspecified atom stereocenters. The number of hydrogen-bond donors (Lipinski definition) is 0. The van der Waals surface area contributed by atoms with E-state index in [0.29, 0.717) is 0 Å². The monoisotopic (exact) mass is 135 g/mol. The Bertz CT molecular complexity index is 92.4. The molecule has 2 nitrogen and oxygen atoms in total. The molecule has 0 aliphatic rings. The molecule has 0 N–H and O–H groups in total. The first kappa shape index (κ1) is 7.92. The van der Waals surface area contributed by atoms with Gasteiger partial charge in [-0.2, -0.15) is 0 Å². The number of halogens is 1. The molecule has 0 radical (unpaired) electrons. The van der Waals surface area contributed by atoms with Gasteiger partial charge >= 0.3 is 0 Å². The van der Waals surface area contributed by atoms with Gasteiger partial charge in [0.05, 0.1) is 6.04 Å². The summed E-state index contributed by atoms with van der Waals surface area (Å²) in [4.78, 5) is 12.1. The fraction of sp³-hybridized carbons (Fsp3) is 0.800. The van der Waals surface area contributed by atoms with E-state index in [2.05, 4.69) is 0 Å².